The zero-order chi connectivity index (χ0) is 28.9. The number of nitrogens with one attached hydrogen (secondary N) is 1. The molecule has 0 amide bonds. The molecule has 0 radical (unpaired) electrons. The minimum absolute atomic E-state index is 0.176. The van der Waals surface area contributed by atoms with E-state index in [-0.39, 0.29) is 12.4 Å². The first-order valence-electron chi connectivity index (χ1n) is 13.3. The number of furan rings is 1. The van der Waals surface area contributed by atoms with E-state index in [1.54, 1.807) is 18.2 Å². The van der Waals surface area contributed by atoms with Gasteiger partial charge in [0.1, 0.15) is 35.9 Å². The van der Waals surface area contributed by atoms with Gasteiger partial charge in [-0.2, -0.15) is 5.26 Å². The molecule has 1 aromatic heterocycles. The number of benzene rings is 2. The largest absolute Gasteiger partial charge is 0.457 e. The Labute approximate surface area is 234 Å². The van der Waals surface area contributed by atoms with Gasteiger partial charge >= 0.3 is 0 Å². The van der Waals surface area contributed by atoms with Crippen LogP contribution in [-0.4, -0.2) is 74.4 Å². The van der Waals surface area contributed by atoms with Gasteiger partial charge in [-0.1, -0.05) is 32.0 Å². The second kappa shape index (κ2) is 13.0. The Bertz CT molecular complexity index is 1490. The van der Waals surface area contributed by atoms with Gasteiger partial charge in [-0.25, -0.2) is 13.1 Å². The summed E-state index contributed by atoms with van der Waals surface area (Å²) in [6.45, 7) is 5.69. The Balaban J connectivity index is 1.49. The summed E-state index contributed by atoms with van der Waals surface area (Å²) in [5.41, 5.74) is 1.99. The van der Waals surface area contributed by atoms with Crippen LogP contribution in [0.1, 0.15) is 32.4 Å². The lowest BCUT2D eigenvalue weighted by molar-refractivity contribution is -0.184. The van der Waals surface area contributed by atoms with E-state index in [9.17, 15) is 29.0 Å². The Morgan fingerprint density at radius 1 is 1.05 bits per heavy atom. The standard InChI is InChI=1S/C29H35N3O7S/c1-3-11-32(12-4-2)22-8-7-19-13-21(6-5-20(19)14-22)26-10-9-23(39-26)15-24(16-30)40(36,37)31-17-27-29(35)28(34)25(33)18-38-27/h5-10,13-15,25,27-29,31,33-35H,3-4,11-12,17-18H2,1-2H3/b24-15+/t25-,27?,28+,29+/m0/s1. The molecule has 1 unspecified atom stereocenters. The molecule has 3 aromatic rings. The quantitative estimate of drug-likeness (QED) is 0.255. The third-order valence-electron chi connectivity index (χ3n) is 6.84. The average Bonchev–Trinajstić information content (AvgIpc) is 3.42. The fourth-order valence-electron chi connectivity index (χ4n) is 4.69. The number of rotatable bonds is 11. The average molecular weight is 570 g/mol. The lowest BCUT2D eigenvalue weighted by atomic mass is 10.0. The number of sulfonamides is 1. The van der Waals surface area contributed by atoms with Crippen molar-refractivity contribution in [1.82, 2.24) is 4.72 Å². The minimum Gasteiger partial charge on any atom is -0.457 e. The molecule has 2 aromatic carbocycles. The highest BCUT2D eigenvalue weighted by molar-refractivity contribution is 7.93. The normalized spacial score (nSPS) is 21.9. The predicted molar refractivity (Wildman–Crippen MR) is 153 cm³/mol. The highest BCUT2D eigenvalue weighted by atomic mass is 32.2. The Kier molecular flexibility index (Phi) is 9.63. The van der Waals surface area contributed by atoms with E-state index < -0.39 is 45.9 Å². The molecule has 1 saturated heterocycles. The minimum atomic E-state index is -4.28. The molecule has 0 spiro atoms. The fourth-order valence-corrected chi connectivity index (χ4v) is 5.62. The van der Waals surface area contributed by atoms with Crippen LogP contribution in [0.3, 0.4) is 0 Å². The lowest BCUT2D eigenvalue weighted by Crippen LogP contribution is -2.56. The molecule has 2 heterocycles. The van der Waals surface area contributed by atoms with Gasteiger partial charge in [0.2, 0.25) is 0 Å². The molecule has 0 bridgehead atoms. The number of aliphatic hydroxyl groups is 3. The monoisotopic (exact) mass is 569 g/mol. The van der Waals surface area contributed by atoms with Crippen molar-refractivity contribution >= 4 is 32.6 Å². The van der Waals surface area contributed by atoms with Crippen LogP contribution in [0.15, 0.2) is 57.9 Å². The first kappa shape index (κ1) is 29.7. The van der Waals surface area contributed by atoms with Gasteiger partial charge in [0.25, 0.3) is 10.0 Å². The number of nitriles is 1. The maximum absolute atomic E-state index is 12.7. The molecule has 11 heteroatoms. The second-order valence-electron chi connectivity index (χ2n) is 9.83. The topological polar surface area (TPSA) is 156 Å². The predicted octanol–water partition coefficient (Wildman–Crippen LogP) is 2.99. The number of hydrogen-bond acceptors (Lipinski definition) is 9. The van der Waals surface area contributed by atoms with E-state index in [0.29, 0.717) is 5.76 Å². The summed E-state index contributed by atoms with van der Waals surface area (Å²) < 4.78 is 38.8. The van der Waals surface area contributed by atoms with Crippen molar-refractivity contribution in [2.45, 2.75) is 51.1 Å². The van der Waals surface area contributed by atoms with Crippen LogP contribution in [0, 0.1) is 11.3 Å². The van der Waals surface area contributed by atoms with Crippen LogP contribution in [0.4, 0.5) is 5.69 Å². The van der Waals surface area contributed by atoms with Gasteiger partial charge in [0.15, 0.2) is 4.91 Å². The molecule has 1 aliphatic rings. The third kappa shape index (κ3) is 6.72. The Morgan fingerprint density at radius 2 is 1.75 bits per heavy atom. The summed E-state index contributed by atoms with van der Waals surface area (Å²) in [5, 5.41) is 41.0. The van der Waals surface area contributed by atoms with Crippen molar-refractivity contribution in [2.75, 3.05) is 31.1 Å². The van der Waals surface area contributed by atoms with Crippen molar-refractivity contribution in [3.8, 4) is 17.4 Å². The molecule has 0 saturated carbocycles. The zero-order valence-corrected chi connectivity index (χ0v) is 23.3. The second-order valence-corrected chi connectivity index (χ2v) is 11.6. The third-order valence-corrected chi connectivity index (χ3v) is 8.18. The number of nitrogens with zero attached hydrogens (tertiary/aromatic N) is 2. The van der Waals surface area contributed by atoms with Gasteiger partial charge in [-0.05, 0) is 53.9 Å². The number of fused-ring (bicyclic) bond motifs is 1. The van der Waals surface area contributed by atoms with Crippen LogP contribution in [-0.2, 0) is 14.8 Å². The van der Waals surface area contributed by atoms with E-state index in [0.717, 1.165) is 48.3 Å². The van der Waals surface area contributed by atoms with Gasteiger partial charge in [-0.3, -0.25) is 0 Å². The first-order valence-corrected chi connectivity index (χ1v) is 14.8. The summed E-state index contributed by atoms with van der Waals surface area (Å²) in [6, 6.07) is 17.3. The van der Waals surface area contributed by atoms with E-state index in [2.05, 4.69) is 41.7 Å². The highest BCUT2D eigenvalue weighted by Gasteiger charge is 2.38. The number of allylic oxidation sites excluding steroid dienone is 1. The molecule has 4 rings (SSSR count). The summed E-state index contributed by atoms with van der Waals surface area (Å²) in [5.74, 6) is 0.694. The molecule has 1 fully saturated rings. The van der Waals surface area contributed by atoms with Crippen molar-refractivity contribution in [3.05, 3.63) is 59.2 Å². The van der Waals surface area contributed by atoms with Gasteiger partial charge in [-0.15, -0.1) is 0 Å². The van der Waals surface area contributed by atoms with Crippen LogP contribution in [0.25, 0.3) is 28.2 Å². The molecule has 1 aliphatic heterocycles. The van der Waals surface area contributed by atoms with Gasteiger partial charge in [0.05, 0.1) is 12.7 Å². The molecular weight excluding hydrogens is 534 g/mol. The molecule has 4 atom stereocenters. The van der Waals surface area contributed by atoms with Crippen LogP contribution in [0.2, 0.25) is 0 Å². The van der Waals surface area contributed by atoms with Crippen LogP contribution in [0.5, 0.6) is 0 Å². The molecule has 0 aliphatic carbocycles. The van der Waals surface area contributed by atoms with E-state index >= 15 is 0 Å². The van der Waals surface area contributed by atoms with E-state index in [4.69, 9.17) is 9.15 Å². The molecule has 4 N–H and O–H groups in total. The molecule has 40 heavy (non-hydrogen) atoms. The Morgan fingerprint density at radius 3 is 2.45 bits per heavy atom. The maximum atomic E-state index is 12.7. The summed E-state index contributed by atoms with van der Waals surface area (Å²) in [4.78, 5) is 1.79. The SMILES string of the molecule is CCCN(CCC)c1ccc2cc(-c3ccc(/C=C(\C#N)S(=O)(=O)NCC4OC[C@H](O)[C@@H](O)[C@@H]4O)o3)ccc2c1. The molecular formula is C29H35N3O7S. The van der Waals surface area contributed by atoms with E-state index in [1.165, 1.54) is 5.69 Å². The smallest absolute Gasteiger partial charge is 0.250 e. The number of anilines is 1. The molecule has 10 nitrogen and oxygen atoms in total. The molecule has 214 valence electrons. The van der Waals surface area contributed by atoms with Crippen molar-refractivity contribution < 1.29 is 32.9 Å². The van der Waals surface area contributed by atoms with E-state index in [1.807, 2.05) is 18.2 Å². The van der Waals surface area contributed by atoms with Crippen LogP contribution >= 0.6 is 0 Å². The van der Waals surface area contributed by atoms with Crippen LogP contribution < -0.4 is 9.62 Å². The summed E-state index contributed by atoms with van der Waals surface area (Å²) in [6.07, 6.45) is -2.06. The first-order chi connectivity index (χ1) is 19.2. The van der Waals surface area contributed by atoms with Crippen molar-refractivity contribution in [1.29, 1.82) is 5.26 Å². The maximum Gasteiger partial charge on any atom is 0.250 e. The van der Waals surface area contributed by atoms with Crippen molar-refractivity contribution in [3.63, 3.8) is 0 Å². The van der Waals surface area contributed by atoms with Crippen molar-refractivity contribution in [2.24, 2.45) is 0 Å². The van der Waals surface area contributed by atoms with Gasteiger partial charge < -0.3 is 29.4 Å². The fraction of sp³-hybridized carbons (Fsp3) is 0.414. The highest BCUT2D eigenvalue weighted by Crippen LogP contribution is 2.30. The summed E-state index contributed by atoms with van der Waals surface area (Å²) in [7, 11) is -4.28. The Hall–Kier alpha value is -3.24. The summed E-state index contributed by atoms with van der Waals surface area (Å²) >= 11 is 0. The number of ether oxygens (including phenoxy) is 1. The number of hydrogen-bond donors (Lipinski definition) is 4. The lowest BCUT2D eigenvalue weighted by Gasteiger charge is -2.35. The zero-order valence-electron chi connectivity index (χ0n) is 22.5. The number of aliphatic hydroxyl groups excluding tert-OH is 3. The van der Waals surface area contributed by atoms with Gasteiger partial charge in [0, 0.05) is 37.0 Å².